The number of amides is 1. The van der Waals surface area contributed by atoms with E-state index < -0.39 is 0 Å². The van der Waals surface area contributed by atoms with E-state index in [-0.39, 0.29) is 11.8 Å². The molecule has 1 aromatic heterocycles. The summed E-state index contributed by atoms with van der Waals surface area (Å²) in [5, 5.41) is 5.36. The third-order valence-electron chi connectivity index (χ3n) is 5.65. The molecule has 1 heterocycles. The number of nitrogens with zero attached hydrogens (tertiary/aromatic N) is 1. The molecule has 0 fully saturated rings. The Kier molecular flexibility index (Phi) is 5.89. The van der Waals surface area contributed by atoms with Crippen LogP contribution in [0, 0.1) is 6.92 Å². The summed E-state index contributed by atoms with van der Waals surface area (Å²) < 4.78 is 0. The predicted molar refractivity (Wildman–Crippen MR) is 123 cm³/mol. The van der Waals surface area contributed by atoms with E-state index in [1.54, 1.807) is 0 Å². The van der Waals surface area contributed by atoms with Gasteiger partial charge in [0.1, 0.15) is 0 Å². The Morgan fingerprint density at radius 1 is 0.933 bits per heavy atom. The van der Waals surface area contributed by atoms with Gasteiger partial charge in [-0.15, -0.1) is 0 Å². The van der Waals surface area contributed by atoms with Gasteiger partial charge in [-0.2, -0.15) is 0 Å². The van der Waals surface area contributed by atoms with Gasteiger partial charge in [0, 0.05) is 24.3 Å². The largest absolute Gasteiger partial charge is 0.351 e. The molecule has 1 amide bonds. The lowest BCUT2D eigenvalue weighted by Crippen LogP contribution is -2.28. The molecule has 1 atom stereocenters. The molecule has 0 bridgehead atoms. The Morgan fingerprint density at radius 2 is 1.70 bits per heavy atom. The Hall–Kier alpha value is -3.46. The van der Waals surface area contributed by atoms with Crippen molar-refractivity contribution in [2.75, 3.05) is 0 Å². The zero-order chi connectivity index (χ0) is 20.9. The van der Waals surface area contributed by atoms with Crippen LogP contribution in [0.4, 0.5) is 0 Å². The molecule has 150 valence electrons. The van der Waals surface area contributed by atoms with Crippen LogP contribution in [0.25, 0.3) is 21.9 Å². The maximum atomic E-state index is 12.9. The molecule has 0 spiro atoms. The molecular weight excluding hydrogens is 368 g/mol. The smallest absolute Gasteiger partial charge is 0.227 e. The van der Waals surface area contributed by atoms with E-state index in [0.29, 0.717) is 6.54 Å². The van der Waals surface area contributed by atoms with Gasteiger partial charge in [-0.3, -0.25) is 9.78 Å². The van der Waals surface area contributed by atoms with E-state index in [1.165, 1.54) is 16.7 Å². The van der Waals surface area contributed by atoms with Gasteiger partial charge in [0.25, 0.3) is 0 Å². The molecule has 0 aliphatic heterocycles. The van der Waals surface area contributed by atoms with Crippen LogP contribution in [0.2, 0.25) is 0 Å². The summed E-state index contributed by atoms with van der Waals surface area (Å²) in [7, 11) is 0. The van der Waals surface area contributed by atoms with Crippen LogP contribution in [0.5, 0.6) is 0 Å². The minimum atomic E-state index is -0.137. The monoisotopic (exact) mass is 394 g/mol. The average molecular weight is 395 g/mol. The first-order valence-electron chi connectivity index (χ1n) is 10.4. The summed E-state index contributed by atoms with van der Waals surface area (Å²) in [6.45, 7) is 4.63. The van der Waals surface area contributed by atoms with Crippen LogP contribution < -0.4 is 5.32 Å². The van der Waals surface area contributed by atoms with Gasteiger partial charge >= 0.3 is 0 Å². The molecule has 0 aliphatic rings. The normalized spacial score (nSPS) is 11.9. The fourth-order valence-corrected chi connectivity index (χ4v) is 3.95. The number of fused-ring (bicyclic) bond motifs is 1. The molecule has 3 nitrogen and oxygen atoms in total. The van der Waals surface area contributed by atoms with Gasteiger partial charge in [0.2, 0.25) is 5.91 Å². The van der Waals surface area contributed by atoms with Gasteiger partial charge in [-0.1, -0.05) is 79.2 Å². The summed E-state index contributed by atoms with van der Waals surface area (Å²) in [5.74, 6) is -0.0780. The lowest BCUT2D eigenvalue weighted by atomic mass is 9.94. The van der Waals surface area contributed by atoms with Crippen molar-refractivity contribution in [1.82, 2.24) is 10.3 Å². The molecule has 1 N–H and O–H groups in total. The highest BCUT2D eigenvalue weighted by Gasteiger charge is 2.18. The highest BCUT2D eigenvalue weighted by Crippen LogP contribution is 2.31. The maximum Gasteiger partial charge on any atom is 0.227 e. The van der Waals surface area contributed by atoms with Crippen LogP contribution in [0.3, 0.4) is 0 Å². The molecule has 0 aliphatic carbocycles. The molecule has 30 heavy (non-hydrogen) atoms. The van der Waals surface area contributed by atoms with Gasteiger partial charge in [0.15, 0.2) is 0 Å². The zero-order valence-corrected chi connectivity index (χ0v) is 17.4. The molecule has 0 saturated heterocycles. The summed E-state index contributed by atoms with van der Waals surface area (Å²) in [6.07, 6.45) is 4.48. The van der Waals surface area contributed by atoms with E-state index in [4.69, 9.17) is 0 Å². The number of carbonyl (C=O) groups excluding carboxylic acids is 1. The van der Waals surface area contributed by atoms with Crippen molar-refractivity contribution in [2.45, 2.75) is 32.7 Å². The third kappa shape index (κ3) is 4.11. The highest BCUT2D eigenvalue weighted by atomic mass is 16.1. The molecule has 3 aromatic carbocycles. The van der Waals surface area contributed by atoms with Crippen LogP contribution in [0.15, 0.2) is 85.2 Å². The number of rotatable bonds is 6. The van der Waals surface area contributed by atoms with Crippen LogP contribution in [0.1, 0.15) is 36.0 Å². The Labute approximate surface area is 177 Å². The van der Waals surface area contributed by atoms with Crippen LogP contribution >= 0.6 is 0 Å². The highest BCUT2D eigenvalue weighted by molar-refractivity contribution is 5.98. The van der Waals surface area contributed by atoms with Gasteiger partial charge in [-0.05, 0) is 47.1 Å². The second kappa shape index (κ2) is 8.91. The van der Waals surface area contributed by atoms with Crippen molar-refractivity contribution < 1.29 is 4.79 Å². The lowest BCUT2D eigenvalue weighted by Gasteiger charge is -2.17. The maximum absolute atomic E-state index is 12.9. The Balaban J connectivity index is 1.60. The second-order valence-corrected chi connectivity index (χ2v) is 7.65. The van der Waals surface area contributed by atoms with Crippen molar-refractivity contribution in [3.8, 4) is 11.1 Å². The number of aryl methyl sites for hydroxylation is 1. The van der Waals surface area contributed by atoms with E-state index in [2.05, 4.69) is 59.7 Å². The molecule has 0 unspecified atom stereocenters. The Bertz CT molecular complexity index is 1150. The first kappa shape index (κ1) is 19.8. The fourth-order valence-electron chi connectivity index (χ4n) is 3.95. The third-order valence-corrected chi connectivity index (χ3v) is 5.65. The van der Waals surface area contributed by atoms with Gasteiger partial charge in [-0.25, -0.2) is 0 Å². The van der Waals surface area contributed by atoms with Crippen molar-refractivity contribution in [3.05, 3.63) is 102 Å². The van der Waals surface area contributed by atoms with Crippen LogP contribution in [-0.2, 0) is 11.3 Å². The topological polar surface area (TPSA) is 42.0 Å². The SMILES string of the molecule is CC[C@@H](C(=O)NCc1ccc(-c2ccc(C)cc2)c2ccncc12)c1ccccc1. The number of carbonyl (C=O) groups is 1. The van der Waals surface area contributed by atoms with Crippen molar-refractivity contribution in [1.29, 1.82) is 0 Å². The molecule has 4 rings (SSSR count). The minimum Gasteiger partial charge on any atom is -0.351 e. The van der Waals surface area contributed by atoms with E-state index in [9.17, 15) is 4.79 Å². The number of hydrogen-bond donors (Lipinski definition) is 1. The quantitative estimate of drug-likeness (QED) is 0.434. The summed E-state index contributed by atoms with van der Waals surface area (Å²) in [4.78, 5) is 17.2. The summed E-state index contributed by atoms with van der Waals surface area (Å²) >= 11 is 0. The number of nitrogens with one attached hydrogen (secondary N) is 1. The van der Waals surface area contributed by atoms with Crippen LogP contribution in [-0.4, -0.2) is 10.9 Å². The predicted octanol–water partition coefficient (Wildman–Crippen LogP) is 6.02. The van der Waals surface area contributed by atoms with Gasteiger partial charge in [0.05, 0.1) is 5.92 Å². The van der Waals surface area contributed by atoms with Crippen molar-refractivity contribution in [3.63, 3.8) is 0 Å². The van der Waals surface area contributed by atoms with Crippen molar-refractivity contribution in [2.24, 2.45) is 0 Å². The molecule has 0 radical (unpaired) electrons. The first-order chi connectivity index (χ1) is 14.7. The first-order valence-corrected chi connectivity index (χ1v) is 10.4. The molecule has 4 aromatic rings. The Morgan fingerprint density at radius 3 is 2.43 bits per heavy atom. The van der Waals surface area contributed by atoms with E-state index in [1.807, 2.05) is 49.6 Å². The fraction of sp³-hybridized carbons (Fsp3) is 0.185. The van der Waals surface area contributed by atoms with E-state index in [0.717, 1.165) is 28.3 Å². The van der Waals surface area contributed by atoms with Gasteiger partial charge < -0.3 is 5.32 Å². The number of pyridine rings is 1. The molecular formula is C27H26N2O. The van der Waals surface area contributed by atoms with E-state index >= 15 is 0 Å². The lowest BCUT2D eigenvalue weighted by molar-refractivity contribution is -0.122. The number of hydrogen-bond acceptors (Lipinski definition) is 2. The molecule has 3 heteroatoms. The standard InChI is InChI=1S/C27H26N2O/c1-3-23(20-7-5-4-6-8-20)27(30)29-17-22-13-14-24(21-11-9-19(2)10-12-21)25-15-16-28-18-26(22)25/h4-16,18,23H,3,17H2,1-2H3,(H,29,30)/t23-/m1/s1. The molecule has 0 saturated carbocycles. The summed E-state index contributed by atoms with van der Waals surface area (Å²) in [6, 6.07) is 24.8. The number of benzene rings is 3. The second-order valence-electron chi connectivity index (χ2n) is 7.65. The van der Waals surface area contributed by atoms with Crippen molar-refractivity contribution >= 4 is 16.7 Å². The zero-order valence-electron chi connectivity index (χ0n) is 17.4. The summed E-state index contributed by atoms with van der Waals surface area (Å²) in [5.41, 5.74) is 5.73. The minimum absolute atomic E-state index is 0.0587. The number of aromatic nitrogens is 1. The average Bonchev–Trinajstić information content (AvgIpc) is 2.79.